The van der Waals surface area contributed by atoms with E-state index >= 15 is 0 Å². The monoisotopic (exact) mass is 276 g/mol. The summed E-state index contributed by atoms with van der Waals surface area (Å²) >= 11 is 6.09. The minimum absolute atomic E-state index is 0.417. The van der Waals surface area contributed by atoms with Crippen molar-refractivity contribution in [3.05, 3.63) is 58.4 Å². The number of pyridine rings is 1. The number of ether oxygens (including phenoxy) is 1. The second kappa shape index (κ2) is 6.55. The van der Waals surface area contributed by atoms with Gasteiger partial charge >= 0.3 is 0 Å². The maximum atomic E-state index is 6.09. The van der Waals surface area contributed by atoms with Gasteiger partial charge in [-0.3, -0.25) is 4.98 Å². The van der Waals surface area contributed by atoms with E-state index in [0.717, 1.165) is 23.5 Å². The number of hydrogen-bond acceptors (Lipinski definition) is 3. The number of nitrogens with one attached hydrogen (secondary N) is 1. The Bertz CT molecular complexity index is 558. The summed E-state index contributed by atoms with van der Waals surface area (Å²) in [7, 11) is 1.90. The molecule has 0 saturated heterocycles. The van der Waals surface area contributed by atoms with E-state index in [4.69, 9.17) is 16.3 Å². The molecular weight excluding hydrogens is 260 g/mol. The van der Waals surface area contributed by atoms with Gasteiger partial charge in [-0.2, -0.15) is 0 Å². The third-order valence-corrected chi connectivity index (χ3v) is 3.00. The highest BCUT2D eigenvalue weighted by atomic mass is 35.5. The van der Waals surface area contributed by atoms with E-state index in [2.05, 4.69) is 10.3 Å². The highest BCUT2D eigenvalue weighted by molar-refractivity contribution is 6.32. The Morgan fingerprint density at radius 3 is 2.79 bits per heavy atom. The Morgan fingerprint density at radius 1 is 1.21 bits per heavy atom. The third kappa shape index (κ3) is 3.94. The average Bonchev–Trinajstić information content (AvgIpc) is 2.41. The fourth-order valence-electron chi connectivity index (χ4n) is 1.76. The quantitative estimate of drug-likeness (QED) is 0.909. The fraction of sp³-hybridized carbons (Fsp3) is 0.267. The molecule has 2 rings (SSSR count). The van der Waals surface area contributed by atoms with Crippen molar-refractivity contribution in [1.29, 1.82) is 0 Å². The lowest BCUT2D eigenvalue weighted by Gasteiger charge is -2.09. The number of nitrogens with zero attached hydrogens (tertiary/aromatic N) is 1. The molecule has 1 heterocycles. The largest absolute Gasteiger partial charge is 0.486 e. The zero-order chi connectivity index (χ0) is 13.7. The van der Waals surface area contributed by atoms with Gasteiger partial charge in [-0.05, 0) is 43.8 Å². The van der Waals surface area contributed by atoms with Crippen LogP contribution in [0.4, 0.5) is 0 Å². The zero-order valence-corrected chi connectivity index (χ0v) is 11.9. The van der Waals surface area contributed by atoms with Crippen LogP contribution in [0.1, 0.15) is 17.0 Å². The zero-order valence-electron chi connectivity index (χ0n) is 11.1. The molecule has 1 N–H and O–H groups in total. The van der Waals surface area contributed by atoms with Crippen LogP contribution in [-0.2, 0) is 13.2 Å². The molecule has 0 radical (unpaired) electrons. The molecule has 0 aliphatic carbocycles. The summed E-state index contributed by atoms with van der Waals surface area (Å²) in [5.41, 5.74) is 3.01. The Labute approximate surface area is 118 Å². The van der Waals surface area contributed by atoms with Gasteiger partial charge in [-0.1, -0.05) is 23.7 Å². The molecule has 0 aliphatic heterocycles. The van der Waals surface area contributed by atoms with Gasteiger partial charge in [0, 0.05) is 6.54 Å². The second-order valence-corrected chi connectivity index (χ2v) is 4.78. The Kier molecular flexibility index (Phi) is 4.77. The van der Waals surface area contributed by atoms with Gasteiger partial charge < -0.3 is 10.1 Å². The Hall–Kier alpha value is -1.58. The summed E-state index contributed by atoms with van der Waals surface area (Å²) in [5, 5.41) is 3.70. The highest BCUT2D eigenvalue weighted by Crippen LogP contribution is 2.25. The summed E-state index contributed by atoms with van der Waals surface area (Å²) in [6, 6.07) is 11.6. The molecule has 2 aromatic rings. The minimum Gasteiger partial charge on any atom is -0.486 e. The summed E-state index contributed by atoms with van der Waals surface area (Å²) in [5.74, 6) is 0.697. The lowest BCUT2D eigenvalue weighted by molar-refractivity contribution is 0.301. The molecule has 1 aromatic carbocycles. The standard InChI is InChI=1S/C15H17ClN2O/c1-11-6-7-14(16)15(8-11)19-10-13-5-3-4-12(18-13)9-17-2/h3-8,17H,9-10H2,1-2H3. The number of benzene rings is 1. The van der Waals surface area contributed by atoms with Crippen molar-refractivity contribution in [2.24, 2.45) is 0 Å². The van der Waals surface area contributed by atoms with Crippen LogP contribution < -0.4 is 10.1 Å². The van der Waals surface area contributed by atoms with Crippen LogP contribution in [0.25, 0.3) is 0 Å². The van der Waals surface area contributed by atoms with Crippen molar-refractivity contribution >= 4 is 11.6 Å². The van der Waals surface area contributed by atoms with Gasteiger partial charge in [0.25, 0.3) is 0 Å². The van der Waals surface area contributed by atoms with E-state index in [0.29, 0.717) is 17.4 Å². The van der Waals surface area contributed by atoms with E-state index < -0.39 is 0 Å². The summed E-state index contributed by atoms with van der Waals surface area (Å²) < 4.78 is 5.72. The summed E-state index contributed by atoms with van der Waals surface area (Å²) in [6.07, 6.45) is 0. The van der Waals surface area contributed by atoms with Crippen molar-refractivity contribution in [2.75, 3.05) is 7.05 Å². The Balaban J connectivity index is 2.05. The van der Waals surface area contributed by atoms with Gasteiger partial charge in [0.2, 0.25) is 0 Å². The fourth-order valence-corrected chi connectivity index (χ4v) is 1.93. The van der Waals surface area contributed by atoms with Gasteiger partial charge in [0.05, 0.1) is 16.4 Å². The molecule has 0 amide bonds. The van der Waals surface area contributed by atoms with E-state index in [9.17, 15) is 0 Å². The molecule has 0 aliphatic rings. The van der Waals surface area contributed by atoms with E-state index in [1.54, 1.807) is 0 Å². The topological polar surface area (TPSA) is 34.1 Å². The van der Waals surface area contributed by atoms with Gasteiger partial charge in [-0.15, -0.1) is 0 Å². The number of aromatic nitrogens is 1. The molecule has 1 aromatic heterocycles. The highest BCUT2D eigenvalue weighted by Gasteiger charge is 2.03. The summed E-state index contributed by atoms with van der Waals surface area (Å²) in [4.78, 5) is 4.50. The first-order valence-electron chi connectivity index (χ1n) is 6.17. The molecule has 0 bridgehead atoms. The number of aryl methyl sites for hydroxylation is 1. The molecular formula is C15H17ClN2O. The molecule has 19 heavy (non-hydrogen) atoms. The van der Waals surface area contributed by atoms with Gasteiger partial charge in [-0.25, -0.2) is 0 Å². The van der Waals surface area contributed by atoms with Gasteiger partial charge in [0.15, 0.2) is 0 Å². The van der Waals surface area contributed by atoms with Crippen molar-refractivity contribution in [2.45, 2.75) is 20.1 Å². The average molecular weight is 277 g/mol. The third-order valence-electron chi connectivity index (χ3n) is 2.68. The van der Waals surface area contributed by atoms with Crippen molar-refractivity contribution in [3.8, 4) is 5.75 Å². The van der Waals surface area contributed by atoms with Crippen LogP contribution >= 0.6 is 11.6 Å². The van der Waals surface area contributed by atoms with E-state index in [1.807, 2.05) is 50.4 Å². The molecule has 0 atom stereocenters. The number of rotatable bonds is 5. The van der Waals surface area contributed by atoms with Crippen LogP contribution in [-0.4, -0.2) is 12.0 Å². The van der Waals surface area contributed by atoms with Crippen LogP contribution in [0.2, 0.25) is 5.02 Å². The molecule has 100 valence electrons. The van der Waals surface area contributed by atoms with Crippen LogP contribution in [0.5, 0.6) is 5.75 Å². The van der Waals surface area contributed by atoms with E-state index in [1.165, 1.54) is 0 Å². The normalized spacial score (nSPS) is 10.5. The maximum Gasteiger partial charge on any atom is 0.138 e. The second-order valence-electron chi connectivity index (χ2n) is 4.37. The SMILES string of the molecule is CNCc1cccc(COc2cc(C)ccc2Cl)n1. The van der Waals surface area contributed by atoms with Crippen molar-refractivity contribution in [3.63, 3.8) is 0 Å². The van der Waals surface area contributed by atoms with Crippen LogP contribution in [0.15, 0.2) is 36.4 Å². The molecule has 0 spiro atoms. The lowest BCUT2D eigenvalue weighted by Crippen LogP contribution is -2.08. The Morgan fingerprint density at radius 2 is 2.00 bits per heavy atom. The van der Waals surface area contributed by atoms with Crippen molar-refractivity contribution in [1.82, 2.24) is 10.3 Å². The minimum atomic E-state index is 0.417. The number of hydrogen-bond donors (Lipinski definition) is 1. The molecule has 3 nitrogen and oxygen atoms in total. The van der Waals surface area contributed by atoms with E-state index in [-0.39, 0.29) is 0 Å². The predicted molar refractivity (Wildman–Crippen MR) is 77.5 cm³/mol. The molecule has 0 saturated carbocycles. The lowest BCUT2D eigenvalue weighted by atomic mass is 10.2. The first-order chi connectivity index (χ1) is 9.19. The smallest absolute Gasteiger partial charge is 0.138 e. The maximum absolute atomic E-state index is 6.09. The van der Waals surface area contributed by atoms with Crippen LogP contribution in [0.3, 0.4) is 0 Å². The van der Waals surface area contributed by atoms with Crippen LogP contribution in [0, 0.1) is 6.92 Å². The number of halogens is 1. The van der Waals surface area contributed by atoms with Crippen molar-refractivity contribution < 1.29 is 4.74 Å². The molecule has 4 heteroatoms. The summed E-state index contributed by atoms with van der Waals surface area (Å²) in [6.45, 7) is 3.18. The van der Waals surface area contributed by atoms with Gasteiger partial charge in [0.1, 0.15) is 12.4 Å². The predicted octanol–water partition coefficient (Wildman–Crippen LogP) is 3.34. The first-order valence-corrected chi connectivity index (χ1v) is 6.55. The molecule has 0 fully saturated rings. The molecule has 0 unspecified atom stereocenters. The first kappa shape index (κ1) is 13.8.